The molecule has 0 unspecified atom stereocenters. The minimum atomic E-state index is -4.36. The third-order valence-corrected chi connectivity index (χ3v) is 4.36. The average Bonchev–Trinajstić information content (AvgIpc) is 2.47. The Kier molecular flexibility index (Phi) is 7.19. The molecular formula is C15H21ClF3NOS. The van der Waals surface area contributed by atoms with E-state index >= 15 is 0 Å². The van der Waals surface area contributed by atoms with Crippen molar-refractivity contribution in [3.63, 3.8) is 0 Å². The number of piperidine rings is 1. The normalized spacial score (nSPS) is 15.4. The molecular weight excluding hydrogens is 335 g/mol. The molecule has 0 bridgehead atoms. The summed E-state index contributed by atoms with van der Waals surface area (Å²) in [4.78, 5) is 2.39. The molecule has 0 atom stereocenters. The van der Waals surface area contributed by atoms with Gasteiger partial charge in [0.05, 0.1) is 17.9 Å². The number of rotatable bonds is 4. The van der Waals surface area contributed by atoms with Crippen molar-refractivity contribution in [1.29, 1.82) is 0 Å². The van der Waals surface area contributed by atoms with Gasteiger partial charge < -0.3 is 9.64 Å². The first-order valence-electron chi connectivity index (χ1n) is 7.14. The average molecular weight is 356 g/mol. The molecule has 0 N–H and O–H groups in total. The lowest BCUT2D eigenvalue weighted by Gasteiger charge is -2.31. The highest BCUT2D eigenvalue weighted by molar-refractivity contribution is 7.98. The molecule has 22 heavy (non-hydrogen) atoms. The van der Waals surface area contributed by atoms with Gasteiger partial charge in [0.1, 0.15) is 5.75 Å². The van der Waals surface area contributed by atoms with E-state index in [9.17, 15) is 13.2 Å². The second kappa shape index (κ2) is 8.20. The Morgan fingerprint density at radius 3 is 2.32 bits per heavy atom. The summed E-state index contributed by atoms with van der Waals surface area (Å²) in [7, 11) is 0. The highest BCUT2D eigenvalue weighted by Gasteiger charge is 2.35. The number of hydrogen-bond donors (Lipinski definition) is 0. The number of alkyl halides is 3. The van der Waals surface area contributed by atoms with E-state index in [1.54, 1.807) is 19.2 Å². The zero-order valence-electron chi connectivity index (χ0n) is 12.7. The highest BCUT2D eigenvalue weighted by atomic mass is 35.5. The quantitative estimate of drug-likeness (QED) is 0.685. The lowest BCUT2D eigenvalue weighted by Crippen LogP contribution is -2.30. The van der Waals surface area contributed by atoms with Gasteiger partial charge in [-0.1, -0.05) is 0 Å². The van der Waals surface area contributed by atoms with Crippen molar-refractivity contribution in [2.24, 2.45) is 0 Å². The summed E-state index contributed by atoms with van der Waals surface area (Å²) in [6.07, 6.45) is 0.633. The zero-order chi connectivity index (χ0) is 15.5. The number of thioether (sulfide) groups is 1. The molecule has 1 fully saturated rings. The molecule has 0 aliphatic carbocycles. The summed E-state index contributed by atoms with van der Waals surface area (Å²) >= 11 is 1.13. The maximum absolute atomic E-state index is 13.1. The smallest absolute Gasteiger partial charge is 0.417 e. The zero-order valence-corrected chi connectivity index (χ0v) is 14.3. The molecule has 2 nitrogen and oxygen atoms in total. The van der Waals surface area contributed by atoms with Gasteiger partial charge in [-0.3, -0.25) is 0 Å². The Labute approximate surface area is 139 Å². The Balaban J connectivity index is 0.00000242. The molecule has 7 heteroatoms. The van der Waals surface area contributed by atoms with Crippen molar-refractivity contribution in [2.45, 2.75) is 37.3 Å². The van der Waals surface area contributed by atoms with E-state index in [0.717, 1.165) is 49.4 Å². The van der Waals surface area contributed by atoms with Crippen LogP contribution >= 0.6 is 24.2 Å². The van der Waals surface area contributed by atoms with Crippen molar-refractivity contribution in [3.8, 4) is 5.75 Å². The van der Waals surface area contributed by atoms with Gasteiger partial charge in [0.15, 0.2) is 0 Å². The van der Waals surface area contributed by atoms with Gasteiger partial charge in [-0.15, -0.1) is 24.2 Å². The van der Waals surface area contributed by atoms with Crippen LogP contribution in [0.4, 0.5) is 18.9 Å². The number of anilines is 1. The lowest BCUT2D eigenvalue weighted by atomic mass is 10.1. The Hall–Kier alpha value is -0.750. The van der Waals surface area contributed by atoms with Gasteiger partial charge >= 0.3 is 6.18 Å². The molecule has 1 heterocycles. The predicted molar refractivity (Wildman–Crippen MR) is 87.7 cm³/mol. The van der Waals surface area contributed by atoms with Gasteiger partial charge in [0.2, 0.25) is 0 Å². The maximum atomic E-state index is 13.1. The molecule has 0 aromatic heterocycles. The van der Waals surface area contributed by atoms with Crippen LogP contribution < -0.4 is 9.64 Å². The second-order valence-corrected chi connectivity index (χ2v) is 5.85. The first kappa shape index (κ1) is 19.3. The number of benzene rings is 1. The van der Waals surface area contributed by atoms with E-state index in [0.29, 0.717) is 12.4 Å². The first-order chi connectivity index (χ1) is 9.97. The van der Waals surface area contributed by atoms with Crippen LogP contribution in [0.25, 0.3) is 0 Å². The Morgan fingerprint density at radius 1 is 1.18 bits per heavy atom. The third-order valence-electron chi connectivity index (χ3n) is 3.58. The molecule has 1 aromatic rings. The molecule has 1 saturated heterocycles. The van der Waals surface area contributed by atoms with E-state index in [1.165, 1.54) is 6.42 Å². The molecule has 0 saturated carbocycles. The van der Waals surface area contributed by atoms with Gasteiger partial charge in [0.25, 0.3) is 0 Å². The fourth-order valence-corrected chi connectivity index (χ4v) is 3.22. The van der Waals surface area contributed by atoms with Crippen LogP contribution in [0.5, 0.6) is 5.75 Å². The molecule has 1 aromatic carbocycles. The molecule has 1 aliphatic heterocycles. The number of nitrogens with zero attached hydrogens (tertiary/aromatic N) is 1. The molecule has 0 radical (unpaired) electrons. The van der Waals surface area contributed by atoms with Gasteiger partial charge in [0, 0.05) is 18.0 Å². The SMILES string of the molecule is CCOc1cc(C(F)(F)F)c(SC)cc1N1CCCCC1.Cl. The van der Waals surface area contributed by atoms with Gasteiger partial charge in [-0.25, -0.2) is 0 Å². The largest absolute Gasteiger partial charge is 0.492 e. The summed E-state index contributed by atoms with van der Waals surface area (Å²) in [5, 5.41) is 0. The summed E-state index contributed by atoms with van der Waals surface area (Å²) < 4.78 is 44.9. The van der Waals surface area contributed by atoms with E-state index in [4.69, 9.17) is 4.74 Å². The predicted octanol–water partition coefficient (Wildman–Crippen LogP) is 5.24. The summed E-state index contributed by atoms with van der Waals surface area (Å²) in [5.41, 5.74) is 0.174. The highest BCUT2D eigenvalue weighted by Crippen LogP contribution is 2.43. The summed E-state index contributed by atoms with van der Waals surface area (Å²) in [5.74, 6) is 0.338. The number of hydrogen-bond acceptors (Lipinski definition) is 3. The van der Waals surface area contributed by atoms with Crippen LogP contribution in [-0.2, 0) is 6.18 Å². The van der Waals surface area contributed by atoms with Crippen molar-refractivity contribution in [1.82, 2.24) is 0 Å². The van der Waals surface area contributed by atoms with Crippen LogP contribution in [0, 0.1) is 0 Å². The standard InChI is InChI=1S/C15H20F3NOS.ClH/c1-3-20-13-9-11(15(16,17)18)14(21-2)10-12(13)19-7-5-4-6-8-19;/h9-10H,3-8H2,1-2H3;1H. The van der Waals surface area contributed by atoms with Crippen LogP contribution in [0.1, 0.15) is 31.7 Å². The molecule has 0 amide bonds. The van der Waals surface area contributed by atoms with Crippen LogP contribution in [-0.4, -0.2) is 26.0 Å². The third kappa shape index (κ3) is 4.38. The minimum absolute atomic E-state index is 0. The number of halogens is 4. The van der Waals surface area contributed by atoms with E-state index < -0.39 is 11.7 Å². The van der Waals surface area contributed by atoms with Crippen molar-refractivity contribution < 1.29 is 17.9 Å². The lowest BCUT2D eigenvalue weighted by molar-refractivity contribution is -0.139. The fourth-order valence-electron chi connectivity index (χ4n) is 2.59. The van der Waals surface area contributed by atoms with Gasteiger partial charge in [-0.05, 0) is 44.6 Å². The van der Waals surface area contributed by atoms with Crippen molar-refractivity contribution in [3.05, 3.63) is 17.7 Å². The molecule has 0 spiro atoms. The maximum Gasteiger partial charge on any atom is 0.417 e. The van der Waals surface area contributed by atoms with Crippen molar-refractivity contribution >= 4 is 29.9 Å². The minimum Gasteiger partial charge on any atom is -0.492 e. The summed E-state index contributed by atoms with van der Waals surface area (Å²) in [6.45, 7) is 3.89. The molecule has 2 rings (SSSR count). The van der Waals surface area contributed by atoms with Gasteiger partial charge in [-0.2, -0.15) is 13.2 Å². The number of ether oxygens (including phenoxy) is 1. The first-order valence-corrected chi connectivity index (χ1v) is 8.36. The molecule has 1 aliphatic rings. The monoisotopic (exact) mass is 355 g/mol. The van der Waals surface area contributed by atoms with Crippen LogP contribution in [0.2, 0.25) is 0 Å². The van der Waals surface area contributed by atoms with Crippen molar-refractivity contribution in [2.75, 3.05) is 30.9 Å². The Morgan fingerprint density at radius 2 is 1.82 bits per heavy atom. The van der Waals surface area contributed by atoms with E-state index in [1.807, 2.05) is 0 Å². The molecule has 126 valence electrons. The van der Waals surface area contributed by atoms with Crippen LogP contribution in [0.3, 0.4) is 0 Å². The summed E-state index contributed by atoms with van der Waals surface area (Å²) in [6, 6.07) is 2.78. The fraction of sp³-hybridized carbons (Fsp3) is 0.600. The van der Waals surface area contributed by atoms with E-state index in [2.05, 4.69) is 4.90 Å². The van der Waals surface area contributed by atoms with Crippen LogP contribution in [0.15, 0.2) is 17.0 Å². The van der Waals surface area contributed by atoms with E-state index in [-0.39, 0.29) is 17.3 Å². The Bertz CT molecular complexity index is 490. The topological polar surface area (TPSA) is 12.5 Å². The second-order valence-electron chi connectivity index (χ2n) is 5.00.